The number of aromatic nitrogens is 2. The number of aryl methyl sites for hydroxylation is 2. The van der Waals surface area contributed by atoms with Crippen molar-refractivity contribution < 1.29 is 14.3 Å². The highest BCUT2D eigenvalue weighted by Gasteiger charge is 2.30. The van der Waals surface area contributed by atoms with Crippen LogP contribution in [-0.4, -0.2) is 35.5 Å². The highest BCUT2D eigenvalue weighted by molar-refractivity contribution is 6.08. The normalized spacial score (nSPS) is 12.8. The summed E-state index contributed by atoms with van der Waals surface area (Å²) < 4.78 is 7.43. The lowest BCUT2D eigenvalue weighted by molar-refractivity contribution is -0.139. The predicted octanol–water partition coefficient (Wildman–Crippen LogP) is 5.31. The van der Waals surface area contributed by atoms with E-state index in [4.69, 9.17) is 4.74 Å². The zero-order valence-corrected chi connectivity index (χ0v) is 19.9. The Bertz CT molecular complexity index is 1430. The predicted molar refractivity (Wildman–Crippen MR) is 134 cm³/mol. The first-order valence-electron chi connectivity index (χ1n) is 11.4. The fraction of sp³-hybridized carbons (Fsp3) is 0.250. The number of methoxy groups -OCH3 is 1. The third-order valence-corrected chi connectivity index (χ3v) is 6.77. The van der Waals surface area contributed by atoms with E-state index < -0.39 is 0 Å². The first-order valence-corrected chi connectivity index (χ1v) is 11.4. The molecule has 0 spiro atoms. The number of hydrogen-bond donors (Lipinski definition) is 0. The Kier molecular flexibility index (Phi) is 5.44. The van der Waals surface area contributed by atoms with Crippen molar-refractivity contribution in [1.29, 1.82) is 0 Å². The summed E-state index contributed by atoms with van der Waals surface area (Å²) in [4.78, 5) is 30.7. The number of esters is 1. The summed E-state index contributed by atoms with van der Waals surface area (Å²) in [7, 11) is 1.42. The van der Waals surface area contributed by atoms with E-state index in [0.29, 0.717) is 5.69 Å². The number of carbonyl (C=O) groups is 2. The quantitative estimate of drug-likeness (QED) is 0.303. The van der Waals surface area contributed by atoms with Crippen LogP contribution in [0.2, 0.25) is 0 Å². The van der Waals surface area contributed by atoms with Crippen molar-refractivity contribution in [2.45, 2.75) is 33.7 Å². The lowest BCUT2D eigenvalue weighted by Crippen LogP contribution is -2.30. The van der Waals surface area contributed by atoms with E-state index in [-0.39, 0.29) is 12.4 Å². The van der Waals surface area contributed by atoms with Crippen molar-refractivity contribution in [2.24, 2.45) is 0 Å². The molecule has 0 fully saturated rings. The molecule has 0 N–H and O–H groups in total. The number of benzene rings is 2. The molecule has 1 aliphatic heterocycles. The Labute approximate surface area is 198 Å². The molecule has 0 aliphatic carbocycles. The van der Waals surface area contributed by atoms with Crippen LogP contribution in [0, 0.1) is 20.8 Å². The van der Waals surface area contributed by atoms with Gasteiger partial charge in [-0.05, 0) is 61.2 Å². The Morgan fingerprint density at radius 3 is 2.56 bits per heavy atom. The molecule has 0 bridgehead atoms. The standard InChI is InChI=1S/C28H27N3O3/c1-17-8-10-20(11-9-17)26-22(15-25(33)34-4)19(3)27-28-23(26)14-18(2)30(28)12-13-31(27)24-7-5-6-21(16-32)29-24/h5-11,14,16H,12-13,15H2,1-4H3. The molecule has 0 unspecified atom stereocenters. The molecule has 0 radical (unpaired) electrons. The molecule has 1 aliphatic rings. The lowest BCUT2D eigenvalue weighted by atomic mass is 9.88. The van der Waals surface area contributed by atoms with Crippen LogP contribution in [-0.2, 0) is 22.5 Å². The fourth-order valence-corrected chi connectivity index (χ4v) is 5.10. The Hall–Kier alpha value is -3.93. The third kappa shape index (κ3) is 3.46. The molecule has 0 amide bonds. The van der Waals surface area contributed by atoms with E-state index in [1.54, 1.807) is 6.07 Å². The largest absolute Gasteiger partial charge is 0.469 e. The number of anilines is 2. The smallest absolute Gasteiger partial charge is 0.310 e. The number of ether oxygens (including phenoxy) is 1. The second-order valence-corrected chi connectivity index (χ2v) is 8.84. The van der Waals surface area contributed by atoms with E-state index in [9.17, 15) is 9.59 Å². The summed E-state index contributed by atoms with van der Waals surface area (Å²) in [6, 6.07) is 16.1. The summed E-state index contributed by atoms with van der Waals surface area (Å²) in [6.45, 7) is 7.78. The molecular weight excluding hydrogens is 426 g/mol. The maximum Gasteiger partial charge on any atom is 0.310 e. The number of rotatable bonds is 5. The van der Waals surface area contributed by atoms with E-state index in [0.717, 1.165) is 64.0 Å². The minimum atomic E-state index is -0.275. The molecule has 3 heterocycles. The minimum Gasteiger partial charge on any atom is -0.469 e. The molecule has 0 saturated carbocycles. The average molecular weight is 454 g/mol. The van der Waals surface area contributed by atoms with Gasteiger partial charge in [0, 0.05) is 24.2 Å². The van der Waals surface area contributed by atoms with Crippen molar-refractivity contribution in [3.63, 3.8) is 0 Å². The van der Waals surface area contributed by atoms with E-state index >= 15 is 0 Å². The zero-order valence-electron chi connectivity index (χ0n) is 19.9. The van der Waals surface area contributed by atoms with Crippen LogP contribution < -0.4 is 4.90 Å². The first-order chi connectivity index (χ1) is 16.4. The van der Waals surface area contributed by atoms with Gasteiger partial charge in [0.15, 0.2) is 6.29 Å². The van der Waals surface area contributed by atoms with Crippen LogP contribution in [0.3, 0.4) is 0 Å². The Balaban J connectivity index is 1.85. The minimum absolute atomic E-state index is 0.175. The SMILES string of the molecule is COC(=O)Cc1c(C)c2c3c(cc(C)n3CCN2c2cccc(C=O)n2)c1-c1ccc(C)cc1. The second-order valence-electron chi connectivity index (χ2n) is 8.84. The lowest BCUT2D eigenvalue weighted by Gasteiger charge is -2.33. The highest BCUT2D eigenvalue weighted by atomic mass is 16.5. The van der Waals surface area contributed by atoms with Crippen molar-refractivity contribution in [3.8, 4) is 11.1 Å². The van der Waals surface area contributed by atoms with Gasteiger partial charge >= 0.3 is 5.97 Å². The van der Waals surface area contributed by atoms with Crippen molar-refractivity contribution in [1.82, 2.24) is 9.55 Å². The first kappa shape index (κ1) is 21.9. The molecule has 5 rings (SSSR count). The third-order valence-electron chi connectivity index (χ3n) is 6.77. The number of nitrogens with zero attached hydrogens (tertiary/aromatic N) is 3. The number of pyridine rings is 1. The van der Waals surface area contributed by atoms with Crippen LogP contribution >= 0.6 is 0 Å². The summed E-state index contributed by atoms with van der Waals surface area (Å²) in [5, 5.41) is 1.11. The van der Waals surface area contributed by atoms with Gasteiger partial charge in [0.1, 0.15) is 11.5 Å². The zero-order chi connectivity index (χ0) is 24.0. The fourth-order valence-electron chi connectivity index (χ4n) is 5.10. The van der Waals surface area contributed by atoms with Crippen molar-refractivity contribution >= 4 is 34.7 Å². The maximum absolute atomic E-state index is 12.5. The van der Waals surface area contributed by atoms with E-state index in [2.05, 4.69) is 65.6 Å². The molecule has 0 atom stereocenters. The Morgan fingerprint density at radius 1 is 1.09 bits per heavy atom. The van der Waals surface area contributed by atoms with E-state index in [1.807, 2.05) is 12.1 Å². The van der Waals surface area contributed by atoms with Crippen LogP contribution in [0.25, 0.3) is 22.0 Å². The van der Waals surface area contributed by atoms with Gasteiger partial charge in [-0.15, -0.1) is 0 Å². The second kappa shape index (κ2) is 8.45. The highest BCUT2D eigenvalue weighted by Crippen LogP contribution is 2.46. The molecule has 2 aromatic carbocycles. The molecule has 6 nitrogen and oxygen atoms in total. The molecule has 6 heteroatoms. The van der Waals surface area contributed by atoms with Crippen molar-refractivity contribution in [2.75, 3.05) is 18.6 Å². The van der Waals surface area contributed by atoms with Crippen LogP contribution in [0.15, 0.2) is 48.5 Å². The maximum atomic E-state index is 12.5. The molecule has 2 aromatic heterocycles. The van der Waals surface area contributed by atoms with Gasteiger partial charge in [0.05, 0.1) is 24.7 Å². The number of hydrogen-bond acceptors (Lipinski definition) is 5. The van der Waals surface area contributed by atoms with Gasteiger partial charge in [0.2, 0.25) is 0 Å². The summed E-state index contributed by atoms with van der Waals surface area (Å²) in [5.74, 6) is 0.453. The summed E-state index contributed by atoms with van der Waals surface area (Å²) in [6.07, 6.45) is 0.945. The molecular formula is C28H27N3O3. The molecule has 4 aromatic rings. The monoisotopic (exact) mass is 453 g/mol. The van der Waals surface area contributed by atoms with E-state index in [1.165, 1.54) is 18.4 Å². The molecule has 172 valence electrons. The van der Waals surface area contributed by atoms with Crippen LogP contribution in [0.4, 0.5) is 11.5 Å². The molecule has 34 heavy (non-hydrogen) atoms. The summed E-state index contributed by atoms with van der Waals surface area (Å²) >= 11 is 0. The molecule has 0 saturated heterocycles. The number of aldehydes is 1. The van der Waals surface area contributed by atoms with Gasteiger partial charge in [0.25, 0.3) is 0 Å². The Morgan fingerprint density at radius 2 is 1.85 bits per heavy atom. The topological polar surface area (TPSA) is 64.4 Å². The van der Waals surface area contributed by atoms with Crippen molar-refractivity contribution in [3.05, 3.63) is 76.6 Å². The van der Waals surface area contributed by atoms with Crippen LogP contribution in [0.1, 0.15) is 32.9 Å². The average Bonchev–Trinajstić information content (AvgIpc) is 3.19. The summed E-state index contributed by atoms with van der Waals surface area (Å²) in [5.41, 5.74) is 9.03. The van der Waals surface area contributed by atoms with Gasteiger partial charge < -0.3 is 14.2 Å². The van der Waals surface area contributed by atoms with Crippen LogP contribution in [0.5, 0.6) is 0 Å². The van der Waals surface area contributed by atoms with Gasteiger partial charge in [-0.2, -0.15) is 0 Å². The number of carbonyl (C=O) groups excluding carboxylic acids is 2. The van der Waals surface area contributed by atoms with Gasteiger partial charge in [-0.1, -0.05) is 35.9 Å². The van der Waals surface area contributed by atoms with Gasteiger partial charge in [-0.3, -0.25) is 9.59 Å². The van der Waals surface area contributed by atoms with Gasteiger partial charge in [-0.25, -0.2) is 4.98 Å².